The molecule has 2 heterocycles. The molecule has 0 spiro atoms. The van der Waals surface area contributed by atoms with Crippen molar-refractivity contribution in [2.45, 2.75) is 79.9 Å². The van der Waals surface area contributed by atoms with Crippen LogP contribution in [0.5, 0.6) is 0 Å². The molecule has 2 aliphatic rings. The molecule has 0 N–H and O–H groups in total. The van der Waals surface area contributed by atoms with Crippen molar-refractivity contribution in [3.05, 3.63) is 35.9 Å². The van der Waals surface area contributed by atoms with Crippen LogP contribution in [0, 0.1) is 0 Å². The summed E-state index contributed by atoms with van der Waals surface area (Å²) in [6.45, 7) is 4.34. The first-order valence-electron chi connectivity index (χ1n) is 9.37. The molecule has 2 saturated heterocycles. The third-order valence-electron chi connectivity index (χ3n) is 5.29. The van der Waals surface area contributed by atoms with Crippen LogP contribution >= 0.6 is 0 Å². The lowest BCUT2D eigenvalue weighted by atomic mass is 9.98. The number of fused-ring (bicyclic) bond motifs is 1. The Labute approximate surface area is 176 Å². The molecule has 1 aromatic carbocycles. The van der Waals surface area contributed by atoms with Crippen LogP contribution in [-0.2, 0) is 25.5 Å². The number of carbonyl (C=O) groups is 3. The average Bonchev–Trinajstić information content (AvgIpc) is 3.14. The van der Waals surface area contributed by atoms with E-state index in [9.17, 15) is 14.4 Å². The third kappa shape index (κ3) is 5.37. The fourth-order valence-electron chi connectivity index (χ4n) is 3.99. The van der Waals surface area contributed by atoms with Gasteiger partial charge in [0.25, 0.3) is 0 Å². The van der Waals surface area contributed by atoms with E-state index in [0.717, 1.165) is 12.0 Å². The van der Waals surface area contributed by atoms with E-state index in [2.05, 4.69) is 0 Å². The molecule has 29 heavy (non-hydrogen) atoms. The van der Waals surface area contributed by atoms with Crippen molar-refractivity contribution in [1.29, 1.82) is 0 Å². The minimum Gasteiger partial charge on any atom is -0.464 e. The molecule has 0 aromatic heterocycles. The summed E-state index contributed by atoms with van der Waals surface area (Å²) in [5.41, 5.74) is 1.09. The Morgan fingerprint density at radius 1 is 1.14 bits per heavy atom. The molecular weight excluding hydrogens is 368 g/mol. The molecule has 6 nitrogen and oxygen atoms in total. The first kappa shape index (κ1) is 26.6. The van der Waals surface area contributed by atoms with Gasteiger partial charge in [-0.15, -0.1) is 0 Å². The molecule has 164 valence electrons. The largest absolute Gasteiger partial charge is 0.464 e. The molecule has 3 atom stereocenters. The first-order chi connectivity index (χ1) is 12.5. The molecule has 2 amide bonds. The number of esters is 1. The van der Waals surface area contributed by atoms with Gasteiger partial charge in [-0.3, -0.25) is 9.59 Å². The summed E-state index contributed by atoms with van der Waals surface area (Å²) in [5, 5.41) is 0. The van der Waals surface area contributed by atoms with E-state index in [1.807, 2.05) is 30.3 Å². The molecule has 1 aromatic rings. The number of ether oxygens (including phenoxy) is 1. The minimum absolute atomic E-state index is 0. The zero-order valence-electron chi connectivity index (χ0n) is 15.4. The zero-order valence-corrected chi connectivity index (χ0v) is 15.4. The quantitative estimate of drug-likeness (QED) is 0.676. The van der Waals surface area contributed by atoms with Gasteiger partial charge in [0.2, 0.25) is 11.8 Å². The van der Waals surface area contributed by atoms with Gasteiger partial charge in [-0.2, -0.15) is 0 Å². The van der Waals surface area contributed by atoms with Gasteiger partial charge < -0.3 is 14.5 Å². The Kier molecular flexibility index (Phi) is 10.6. The highest BCUT2D eigenvalue weighted by molar-refractivity contribution is 5.99. The molecule has 6 heteroatoms. The van der Waals surface area contributed by atoms with Crippen LogP contribution in [0.15, 0.2) is 30.3 Å². The van der Waals surface area contributed by atoms with Gasteiger partial charge in [-0.1, -0.05) is 52.6 Å². The van der Waals surface area contributed by atoms with Crippen LogP contribution < -0.4 is 0 Å². The molecule has 0 saturated carbocycles. The van der Waals surface area contributed by atoms with E-state index in [0.29, 0.717) is 25.8 Å². The van der Waals surface area contributed by atoms with Crippen LogP contribution in [0.2, 0.25) is 0 Å². The number of hydrogen-bond donors (Lipinski definition) is 0. The summed E-state index contributed by atoms with van der Waals surface area (Å²) in [7, 11) is 0. The highest BCUT2D eigenvalue weighted by Crippen LogP contribution is 2.29. The standard InChI is InChI=1S/C20H26N2O4.3CH4/c1-3-26-20(25)17(12-11-15-8-5-4-6-9-15)22-14(2)18(23)21-13-7-10-16(21)19(22)24;;;/h4-6,8-9,14,16-17H,3,7,10-13H2,1-2H3;3*1H4. The van der Waals surface area contributed by atoms with Crippen LogP contribution in [0.4, 0.5) is 0 Å². The van der Waals surface area contributed by atoms with Crippen molar-refractivity contribution in [2.75, 3.05) is 13.2 Å². The van der Waals surface area contributed by atoms with E-state index in [1.165, 1.54) is 4.90 Å². The SMILES string of the molecule is C.C.C.CCOC(=O)C(CCc1ccccc1)N1C(=O)C2CCCN2C(=O)C1C. The molecule has 2 fully saturated rings. The van der Waals surface area contributed by atoms with Crippen LogP contribution in [0.3, 0.4) is 0 Å². The number of nitrogens with zero attached hydrogens (tertiary/aromatic N) is 2. The Balaban J connectivity index is 0.00000261. The maximum Gasteiger partial charge on any atom is 0.328 e. The summed E-state index contributed by atoms with van der Waals surface area (Å²) >= 11 is 0. The topological polar surface area (TPSA) is 66.9 Å². The average molecular weight is 407 g/mol. The third-order valence-corrected chi connectivity index (χ3v) is 5.29. The van der Waals surface area contributed by atoms with Crippen molar-refractivity contribution in [2.24, 2.45) is 0 Å². The minimum atomic E-state index is -0.732. The van der Waals surface area contributed by atoms with Gasteiger partial charge in [0.05, 0.1) is 6.61 Å². The van der Waals surface area contributed by atoms with E-state index < -0.39 is 24.1 Å². The summed E-state index contributed by atoms with van der Waals surface area (Å²) < 4.78 is 5.23. The lowest BCUT2D eigenvalue weighted by Crippen LogP contribution is -2.65. The van der Waals surface area contributed by atoms with Gasteiger partial charge >= 0.3 is 5.97 Å². The Morgan fingerprint density at radius 3 is 2.41 bits per heavy atom. The summed E-state index contributed by atoms with van der Waals surface area (Å²) in [6, 6.07) is 8.03. The van der Waals surface area contributed by atoms with Crippen LogP contribution in [-0.4, -0.2) is 58.9 Å². The van der Waals surface area contributed by atoms with Gasteiger partial charge in [0.1, 0.15) is 18.1 Å². The van der Waals surface area contributed by atoms with E-state index in [1.54, 1.807) is 18.7 Å². The molecule has 0 bridgehead atoms. The van der Waals surface area contributed by atoms with Crippen molar-refractivity contribution in [1.82, 2.24) is 9.80 Å². The molecular formula is C23H38N2O4. The van der Waals surface area contributed by atoms with Crippen LogP contribution in [0.1, 0.15) is 61.0 Å². The van der Waals surface area contributed by atoms with Gasteiger partial charge in [0, 0.05) is 6.54 Å². The Bertz CT molecular complexity index is 677. The second kappa shape index (κ2) is 11.6. The number of benzene rings is 1. The number of carbonyl (C=O) groups excluding carboxylic acids is 3. The number of amides is 2. The van der Waals surface area contributed by atoms with Gasteiger partial charge in [-0.05, 0) is 45.1 Å². The maximum absolute atomic E-state index is 13.0. The number of rotatable bonds is 6. The monoisotopic (exact) mass is 406 g/mol. The molecule has 2 aliphatic heterocycles. The summed E-state index contributed by atoms with van der Waals surface area (Å²) in [5.74, 6) is -0.621. The van der Waals surface area contributed by atoms with E-state index in [-0.39, 0.29) is 40.7 Å². The predicted octanol–water partition coefficient (Wildman–Crippen LogP) is 3.68. The molecule has 3 unspecified atom stereocenters. The Hall–Kier alpha value is -2.37. The van der Waals surface area contributed by atoms with Crippen molar-refractivity contribution >= 4 is 17.8 Å². The summed E-state index contributed by atoms with van der Waals surface area (Å²) in [4.78, 5) is 41.5. The predicted molar refractivity (Wildman–Crippen MR) is 116 cm³/mol. The fourth-order valence-corrected chi connectivity index (χ4v) is 3.99. The van der Waals surface area contributed by atoms with Gasteiger partial charge in [0.15, 0.2) is 0 Å². The second-order valence-electron chi connectivity index (χ2n) is 6.90. The molecule has 0 aliphatic carbocycles. The lowest BCUT2D eigenvalue weighted by Gasteiger charge is -2.43. The van der Waals surface area contributed by atoms with E-state index in [4.69, 9.17) is 4.74 Å². The number of aryl methyl sites for hydroxylation is 1. The maximum atomic E-state index is 13.0. The lowest BCUT2D eigenvalue weighted by molar-refractivity contribution is -0.168. The van der Waals surface area contributed by atoms with Gasteiger partial charge in [-0.25, -0.2) is 4.79 Å². The number of piperazine rings is 1. The second-order valence-corrected chi connectivity index (χ2v) is 6.90. The van der Waals surface area contributed by atoms with Crippen molar-refractivity contribution < 1.29 is 19.1 Å². The van der Waals surface area contributed by atoms with Crippen LogP contribution in [0.25, 0.3) is 0 Å². The molecule has 0 radical (unpaired) electrons. The highest BCUT2D eigenvalue weighted by Gasteiger charge is 2.49. The smallest absolute Gasteiger partial charge is 0.328 e. The molecule has 3 rings (SSSR count). The highest BCUT2D eigenvalue weighted by atomic mass is 16.5. The summed E-state index contributed by atoms with van der Waals surface area (Å²) in [6.07, 6.45) is 2.58. The van der Waals surface area contributed by atoms with E-state index >= 15 is 0 Å². The Morgan fingerprint density at radius 2 is 1.79 bits per heavy atom. The van der Waals surface area contributed by atoms with Crippen molar-refractivity contribution in [3.63, 3.8) is 0 Å². The zero-order chi connectivity index (χ0) is 18.7. The van der Waals surface area contributed by atoms with Crippen molar-refractivity contribution in [3.8, 4) is 0 Å². The fraction of sp³-hybridized carbons (Fsp3) is 0.609. The normalized spacial score (nSPS) is 21.3. The number of hydrogen-bond acceptors (Lipinski definition) is 4. The first-order valence-corrected chi connectivity index (χ1v) is 9.37.